The molecule has 0 saturated carbocycles. The molecule has 0 fully saturated rings. The second kappa shape index (κ2) is 6.70. The van der Waals surface area contributed by atoms with Crippen LogP contribution in [0.15, 0.2) is 17.5 Å². The summed E-state index contributed by atoms with van der Waals surface area (Å²) < 4.78 is 0. The Morgan fingerprint density at radius 2 is 2.15 bits per heavy atom. The number of aromatic nitrogens is 2. The monoisotopic (exact) mass is 290 g/mol. The van der Waals surface area contributed by atoms with Crippen molar-refractivity contribution >= 4 is 23.0 Å². The van der Waals surface area contributed by atoms with Gasteiger partial charge in [0.25, 0.3) is 0 Å². The lowest BCUT2D eigenvalue weighted by Gasteiger charge is -2.19. The highest BCUT2D eigenvalue weighted by molar-refractivity contribution is 7.10. The van der Waals surface area contributed by atoms with Crippen LogP contribution in [0.5, 0.6) is 0 Å². The summed E-state index contributed by atoms with van der Waals surface area (Å²) in [7, 11) is 0. The van der Waals surface area contributed by atoms with Crippen molar-refractivity contribution in [1.82, 2.24) is 9.97 Å². The molecule has 108 valence electrons. The third-order valence-electron chi connectivity index (χ3n) is 3.32. The molecular formula is C15H22N4S. The largest absolute Gasteiger partial charge is 0.383 e. The van der Waals surface area contributed by atoms with Gasteiger partial charge in [-0.2, -0.15) is 0 Å². The molecule has 1 unspecified atom stereocenters. The number of nitrogens with two attached hydrogens (primary N) is 1. The van der Waals surface area contributed by atoms with Crippen molar-refractivity contribution in [1.29, 1.82) is 0 Å². The van der Waals surface area contributed by atoms with Crippen molar-refractivity contribution in [3.8, 4) is 0 Å². The van der Waals surface area contributed by atoms with Gasteiger partial charge >= 0.3 is 0 Å². The van der Waals surface area contributed by atoms with Crippen LogP contribution in [0.2, 0.25) is 0 Å². The molecule has 0 spiro atoms. The van der Waals surface area contributed by atoms with Crippen molar-refractivity contribution in [2.75, 3.05) is 11.1 Å². The molecule has 4 nitrogen and oxygen atoms in total. The van der Waals surface area contributed by atoms with Crippen molar-refractivity contribution in [3.05, 3.63) is 33.8 Å². The third kappa shape index (κ3) is 3.28. The Morgan fingerprint density at radius 3 is 2.75 bits per heavy atom. The Hall–Kier alpha value is -1.62. The molecule has 0 aliphatic heterocycles. The predicted octanol–water partition coefficient (Wildman–Crippen LogP) is 3.94. The standard InChI is InChI=1S/C15H22N4S/c1-4-7-11(12-8-6-9-20-12)17-15-10(3)14(16)18-13(5-2)19-15/h6,8-9,11H,4-5,7H2,1-3H3,(H3,16,17,18,19). The fourth-order valence-corrected chi connectivity index (χ4v) is 2.92. The van der Waals surface area contributed by atoms with E-state index in [1.54, 1.807) is 11.3 Å². The van der Waals surface area contributed by atoms with Crippen LogP contribution in [-0.2, 0) is 6.42 Å². The molecule has 0 bridgehead atoms. The number of nitrogens with zero attached hydrogens (tertiary/aromatic N) is 2. The Morgan fingerprint density at radius 1 is 1.35 bits per heavy atom. The van der Waals surface area contributed by atoms with Crippen LogP contribution in [0.25, 0.3) is 0 Å². The van der Waals surface area contributed by atoms with Crippen molar-refractivity contribution < 1.29 is 0 Å². The average Bonchev–Trinajstić information content (AvgIpc) is 2.96. The number of hydrogen-bond acceptors (Lipinski definition) is 5. The highest BCUT2D eigenvalue weighted by Crippen LogP contribution is 2.29. The lowest BCUT2D eigenvalue weighted by Crippen LogP contribution is -2.14. The summed E-state index contributed by atoms with van der Waals surface area (Å²) in [6.45, 7) is 6.20. The lowest BCUT2D eigenvalue weighted by atomic mass is 10.1. The maximum Gasteiger partial charge on any atom is 0.135 e. The molecule has 2 rings (SSSR count). The van der Waals surface area contributed by atoms with Gasteiger partial charge in [-0.25, -0.2) is 9.97 Å². The lowest BCUT2D eigenvalue weighted by molar-refractivity contribution is 0.682. The van der Waals surface area contributed by atoms with Crippen LogP contribution in [-0.4, -0.2) is 9.97 Å². The summed E-state index contributed by atoms with van der Waals surface area (Å²) in [6.07, 6.45) is 2.98. The van der Waals surface area contributed by atoms with Crippen LogP contribution in [0, 0.1) is 6.92 Å². The predicted molar refractivity (Wildman–Crippen MR) is 86.2 cm³/mol. The van der Waals surface area contributed by atoms with Gasteiger partial charge in [0, 0.05) is 16.9 Å². The van der Waals surface area contributed by atoms with Crippen molar-refractivity contribution in [2.24, 2.45) is 0 Å². The minimum Gasteiger partial charge on any atom is -0.383 e. The van der Waals surface area contributed by atoms with Gasteiger partial charge in [-0.1, -0.05) is 26.3 Å². The van der Waals surface area contributed by atoms with E-state index < -0.39 is 0 Å². The van der Waals surface area contributed by atoms with Crippen LogP contribution in [0.3, 0.4) is 0 Å². The molecule has 2 aromatic rings. The number of hydrogen-bond donors (Lipinski definition) is 2. The number of nitrogens with one attached hydrogen (secondary N) is 1. The first-order valence-corrected chi connectivity index (χ1v) is 7.96. The molecule has 3 N–H and O–H groups in total. The zero-order chi connectivity index (χ0) is 14.5. The van der Waals surface area contributed by atoms with E-state index in [1.807, 2.05) is 13.8 Å². The smallest absolute Gasteiger partial charge is 0.135 e. The Kier molecular flexibility index (Phi) is 4.95. The van der Waals surface area contributed by atoms with Gasteiger partial charge in [0.05, 0.1) is 6.04 Å². The second-order valence-corrected chi connectivity index (χ2v) is 5.83. The fourth-order valence-electron chi connectivity index (χ4n) is 2.11. The van der Waals surface area contributed by atoms with Crippen LogP contribution >= 0.6 is 11.3 Å². The molecule has 0 aliphatic rings. The second-order valence-electron chi connectivity index (χ2n) is 4.85. The molecule has 0 saturated heterocycles. The molecule has 20 heavy (non-hydrogen) atoms. The van der Waals surface area contributed by atoms with E-state index >= 15 is 0 Å². The topological polar surface area (TPSA) is 63.8 Å². The number of rotatable bonds is 6. The molecule has 0 aromatic carbocycles. The van der Waals surface area contributed by atoms with Crippen molar-refractivity contribution in [3.63, 3.8) is 0 Å². The van der Waals surface area contributed by atoms with Gasteiger partial charge in [0.1, 0.15) is 17.5 Å². The van der Waals surface area contributed by atoms with Gasteiger partial charge in [0.15, 0.2) is 0 Å². The SMILES string of the molecule is CCCC(Nc1nc(CC)nc(N)c1C)c1cccs1. The summed E-state index contributed by atoms with van der Waals surface area (Å²) in [4.78, 5) is 10.2. The van der Waals surface area contributed by atoms with E-state index in [2.05, 4.69) is 39.7 Å². The molecular weight excluding hydrogens is 268 g/mol. The summed E-state index contributed by atoms with van der Waals surface area (Å²) in [5, 5.41) is 5.65. The number of thiophene rings is 1. The summed E-state index contributed by atoms with van der Waals surface area (Å²) >= 11 is 1.77. The third-order valence-corrected chi connectivity index (χ3v) is 4.31. The zero-order valence-electron chi connectivity index (χ0n) is 12.3. The van der Waals surface area contributed by atoms with Crippen LogP contribution < -0.4 is 11.1 Å². The van der Waals surface area contributed by atoms with Crippen LogP contribution in [0.1, 0.15) is 49.0 Å². The molecule has 2 aromatic heterocycles. The summed E-state index contributed by atoms with van der Waals surface area (Å²) in [5.74, 6) is 2.22. The minimum absolute atomic E-state index is 0.290. The Balaban J connectivity index is 2.28. The fraction of sp³-hybridized carbons (Fsp3) is 0.467. The van der Waals surface area contributed by atoms with Gasteiger partial charge in [-0.15, -0.1) is 11.3 Å². The molecule has 5 heteroatoms. The minimum atomic E-state index is 0.290. The van der Waals surface area contributed by atoms with E-state index in [4.69, 9.17) is 5.73 Å². The molecule has 0 amide bonds. The molecule has 0 radical (unpaired) electrons. The van der Waals surface area contributed by atoms with E-state index in [-0.39, 0.29) is 6.04 Å². The molecule has 1 atom stereocenters. The first-order chi connectivity index (χ1) is 9.65. The highest BCUT2D eigenvalue weighted by Gasteiger charge is 2.15. The van der Waals surface area contributed by atoms with Gasteiger partial charge in [-0.3, -0.25) is 0 Å². The first-order valence-electron chi connectivity index (χ1n) is 7.08. The maximum atomic E-state index is 5.98. The maximum absolute atomic E-state index is 5.98. The van der Waals surface area contributed by atoms with E-state index in [9.17, 15) is 0 Å². The Labute approximate surface area is 124 Å². The van der Waals surface area contributed by atoms with E-state index in [1.165, 1.54) is 4.88 Å². The Bertz CT molecular complexity index is 551. The number of aryl methyl sites for hydroxylation is 1. The van der Waals surface area contributed by atoms with Gasteiger partial charge in [-0.05, 0) is 24.8 Å². The highest BCUT2D eigenvalue weighted by atomic mass is 32.1. The molecule has 2 heterocycles. The van der Waals surface area contributed by atoms with Crippen molar-refractivity contribution in [2.45, 2.75) is 46.1 Å². The quantitative estimate of drug-likeness (QED) is 0.845. The summed E-state index contributed by atoms with van der Waals surface area (Å²) in [5.41, 5.74) is 6.91. The van der Waals surface area contributed by atoms with Gasteiger partial charge in [0.2, 0.25) is 0 Å². The number of nitrogen functional groups attached to an aromatic ring is 1. The first kappa shape index (κ1) is 14.8. The summed E-state index contributed by atoms with van der Waals surface area (Å²) in [6, 6.07) is 4.54. The normalized spacial score (nSPS) is 12.3. The van der Waals surface area contributed by atoms with Gasteiger partial charge < -0.3 is 11.1 Å². The average molecular weight is 290 g/mol. The van der Waals surface area contributed by atoms with E-state index in [0.717, 1.165) is 36.5 Å². The number of anilines is 2. The zero-order valence-corrected chi connectivity index (χ0v) is 13.1. The van der Waals surface area contributed by atoms with Crippen LogP contribution in [0.4, 0.5) is 11.6 Å². The van der Waals surface area contributed by atoms with E-state index in [0.29, 0.717) is 5.82 Å². The molecule has 0 aliphatic carbocycles.